The first-order chi connectivity index (χ1) is 9.02. The van der Waals surface area contributed by atoms with Crippen molar-refractivity contribution < 1.29 is 13.2 Å². The van der Waals surface area contributed by atoms with Crippen molar-refractivity contribution in [2.75, 3.05) is 7.05 Å². The van der Waals surface area contributed by atoms with E-state index in [4.69, 9.17) is 0 Å². The molecule has 2 rings (SSSR count). The highest BCUT2D eigenvalue weighted by molar-refractivity contribution is 5.23. The molecule has 0 spiro atoms. The molecule has 1 fully saturated rings. The van der Waals surface area contributed by atoms with Crippen molar-refractivity contribution in [1.82, 2.24) is 5.32 Å². The third-order valence-electron chi connectivity index (χ3n) is 4.21. The predicted molar refractivity (Wildman–Crippen MR) is 69.2 cm³/mol. The lowest BCUT2D eigenvalue weighted by Crippen LogP contribution is -2.28. The van der Waals surface area contributed by atoms with Gasteiger partial charge in [0.15, 0.2) is 17.5 Å². The summed E-state index contributed by atoms with van der Waals surface area (Å²) in [6, 6.07) is 2.10. The number of hydrogen-bond acceptors (Lipinski definition) is 1. The quantitative estimate of drug-likeness (QED) is 0.813. The molecule has 1 saturated carbocycles. The molecule has 0 amide bonds. The van der Waals surface area contributed by atoms with E-state index in [2.05, 4.69) is 12.2 Å². The number of hydrogen-bond donors (Lipinski definition) is 1. The highest BCUT2D eigenvalue weighted by Gasteiger charge is 2.27. The molecule has 1 aromatic carbocycles. The Morgan fingerprint density at radius 2 is 1.58 bits per heavy atom. The summed E-state index contributed by atoms with van der Waals surface area (Å²) in [4.78, 5) is 0. The van der Waals surface area contributed by atoms with E-state index in [0.717, 1.165) is 43.7 Å². The van der Waals surface area contributed by atoms with Gasteiger partial charge in [0.1, 0.15) is 0 Å². The van der Waals surface area contributed by atoms with Crippen molar-refractivity contribution in [1.29, 1.82) is 0 Å². The molecule has 1 nitrogen and oxygen atoms in total. The van der Waals surface area contributed by atoms with Gasteiger partial charge in [-0.1, -0.05) is 19.8 Å². The standard InChI is InChI=1S/C15H20F3N/c1-9-3-5-10(6-4-9)15(19-2)11-7-12(16)14(18)13(17)8-11/h7-10,15,19H,3-6H2,1-2H3. The van der Waals surface area contributed by atoms with Gasteiger partial charge in [-0.3, -0.25) is 0 Å². The lowest BCUT2D eigenvalue weighted by molar-refractivity contribution is 0.237. The minimum absolute atomic E-state index is 0.114. The van der Waals surface area contributed by atoms with E-state index in [0.29, 0.717) is 11.5 Å². The maximum atomic E-state index is 13.3. The van der Waals surface area contributed by atoms with E-state index in [1.165, 1.54) is 0 Å². The third kappa shape index (κ3) is 3.11. The Morgan fingerprint density at radius 1 is 1.05 bits per heavy atom. The van der Waals surface area contributed by atoms with Gasteiger partial charge < -0.3 is 5.32 Å². The Kier molecular flexibility index (Phi) is 4.50. The molecule has 4 heteroatoms. The smallest absolute Gasteiger partial charge is 0.194 e. The highest BCUT2D eigenvalue weighted by Crippen LogP contribution is 2.37. The van der Waals surface area contributed by atoms with Crippen molar-refractivity contribution >= 4 is 0 Å². The molecule has 1 atom stereocenters. The largest absolute Gasteiger partial charge is 0.313 e. The van der Waals surface area contributed by atoms with E-state index >= 15 is 0 Å². The zero-order valence-corrected chi connectivity index (χ0v) is 11.3. The molecule has 0 aromatic heterocycles. The number of rotatable bonds is 3. The molecule has 19 heavy (non-hydrogen) atoms. The van der Waals surface area contributed by atoms with Crippen molar-refractivity contribution in [2.45, 2.75) is 38.6 Å². The van der Waals surface area contributed by atoms with Crippen LogP contribution in [-0.2, 0) is 0 Å². The minimum Gasteiger partial charge on any atom is -0.313 e. The Balaban J connectivity index is 2.22. The van der Waals surface area contributed by atoms with Gasteiger partial charge in [-0.2, -0.15) is 0 Å². The lowest BCUT2D eigenvalue weighted by atomic mass is 9.77. The second kappa shape index (κ2) is 5.95. The average molecular weight is 271 g/mol. The van der Waals surface area contributed by atoms with E-state index < -0.39 is 17.5 Å². The molecule has 0 saturated heterocycles. The maximum absolute atomic E-state index is 13.3. The van der Waals surface area contributed by atoms with E-state index in [-0.39, 0.29) is 6.04 Å². The summed E-state index contributed by atoms with van der Waals surface area (Å²) in [5.74, 6) is -2.55. The van der Waals surface area contributed by atoms with Crippen LogP contribution >= 0.6 is 0 Å². The summed E-state index contributed by atoms with van der Waals surface area (Å²) in [6.45, 7) is 2.22. The van der Waals surface area contributed by atoms with Crippen molar-refractivity contribution in [3.63, 3.8) is 0 Å². The summed E-state index contributed by atoms with van der Waals surface area (Å²) in [6.07, 6.45) is 4.34. The van der Waals surface area contributed by atoms with Crippen LogP contribution in [0.4, 0.5) is 13.2 Å². The monoisotopic (exact) mass is 271 g/mol. The summed E-state index contributed by atoms with van der Waals surface area (Å²) in [5.41, 5.74) is 0.499. The van der Waals surface area contributed by atoms with Gasteiger partial charge in [0, 0.05) is 6.04 Å². The fourth-order valence-electron chi connectivity index (χ4n) is 3.05. The molecular weight excluding hydrogens is 251 g/mol. The van der Waals surface area contributed by atoms with Gasteiger partial charge in [-0.05, 0) is 49.4 Å². The SMILES string of the molecule is CNC(c1cc(F)c(F)c(F)c1)C1CCC(C)CC1. The molecule has 106 valence electrons. The summed E-state index contributed by atoms with van der Waals surface area (Å²) in [5, 5.41) is 3.12. The van der Waals surface area contributed by atoms with Crippen molar-refractivity contribution in [2.24, 2.45) is 11.8 Å². The van der Waals surface area contributed by atoms with Gasteiger partial charge in [0.2, 0.25) is 0 Å². The van der Waals surface area contributed by atoms with Gasteiger partial charge in [-0.15, -0.1) is 0 Å². The van der Waals surface area contributed by atoms with Gasteiger partial charge in [-0.25, -0.2) is 13.2 Å². The fraction of sp³-hybridized carbons (Fsp3) is 0.600. The van der Waals surface area contributed by atoms with Crippen LogP contribution in [0.2, 0.25) is 0 Å². The Bertz CT molecular complexity index is 416. The average Bonchev–Trinajstić information content (AvgIpc) is 2.39. The van der Waals surface area contributed by atoms with E-state index in [1.54, 1.807) is 7.05 Å². The molecule has 1 N–H and O–H groups in total. The molecule has 1 aromatic rings. The molecule has 1 aliphatic carbocycles. The molecule has 0 aliphatic heterocycles. The zero-order chi connectivity index (χ0) is 14.0. The van der Waals surface area contributed by atoms with Gasteiger partial charge >= 0.3 is 0 Å². The third-order valence-corrected chi connectivity index (χ3v) is 4.21. The highest BCUT2D eigenvalue weighted by atomic mass is 19.2. The maximum Gasteiger partial charge on any atom is 0.194 e. The molecule has 0 radical (unpaired) electrons. The van der Waals surface area contributed by atoms with Crippen molar-refractivity contribution in [3.05, 3.63) is 35.1 Å². The van der Waals surface area contributed by atoms with Crippen LogP contribution in [0.3, 0.4) is 0 Å². The number of benzene rings is 1. The van der Waals surface area contributed by atoms with Crippen LogP contribution in [0, 0.1) is 29.3 Å². The zero-order valence-electron chi connectivity index (χ0n) is 11.3. The van der Waals surface area contributed by atoms with Crippen LogP contribution in [0.1, 0.15) is 44.2 Å². The normalized spacial score (nSPS) is 25.3. The number of nitrogens with one attached hydrogen (secondary N) is 1. The summed E-state index contributed by atoms with van der Waals surface area (Å²) >= 11 is 0. The first-order valence-electron chi connectivity index (χ1n) is 6.84. The summed E-state index contributed by atoms with van der Waals surface area (Å²) in [7, 11) is 1.78. The molecular formula is C15H20F3N. The van der Waals surface area contributed by atoms with E-state index in [9.17, 15) is 13.2 Å². The first-order valence-corrected chi connectivity index (χ1v) is 6.84. The number of halogens is 3. The summed E-state index contributed by atoms with van der Waals surface area (Å²) < 4.78 is 39.6. The predicted octanol–water partition coefficient (Wildman–Crippen LogP) is 4.19. The Labute approximate surface area is 112 Å². The van der Waals surface area contributed by atoms with E-state index in [1.807, 2.05) is 0 Å². The topological polar surface area (TPSA) is 12.0 Å². The Hall–Kier alpha value is -1.03. The lowest BCUT2D eigenvalue weighted by Gasteiger charge is -2.33. The minimum atomic E-state index is -1.39. The Morgan fingerprint density at radius 3 is 2.05 bits per heavy atom. The molecule has 0 heterocycles. The van der Waals surface area contributed by atoms with Crippen LogP contribution in [0.25, 0.3) is 0 Å². The van der Waals surface area contributed by atoms with Gasteiger partial charge in [0.05, 0.1) is 0 Å². The second-order valence-electron chi connectivity index (χ2n) is 5.58. The fourth-order valence-corrected chi connectivity index (χ4v) is 3.05. The van der Waals surface area contributed by atoms with Crippen LogP contribution in [0.15, 0.2) is 12.1 Å². The second-order valence-corrected chi connectivity index (χ2v) is 5.58. The van der Waals surface area contributed by atoms with Gasteiger partial charge in [0.25, 0.3) is 0 Å². The molecule has 1 aliphatic rings. The molecule has 0 bridgehead atoms. The van der Waals surface area contributed by atoms with Crippen LogP contribution in [-0.4, -0.2) is 7.05 Å². The first kappa shape index (κ1) is 14.4. The molecule has 1 unspecified atom stereocenters. The van der Waals surface area contributed by atoms with Crippen LogP contribution in [0.5, 0.6) is 0 Å². The van der Waals surface area contributed by atoms with Crippen LogP contribution < -0.4 is 5.32 Å². The van der Waals surface area contributed by atoms with Crippen molar-refractivity contribution in [3.8, 4) is 0 Å².